The van der Waals surface area contributed by atoms with Gasteiger partial charge in [-0.05, 0) is 32.9 Å². The van der Waals surface area contributed by atoms with Gasteiger partial charge in [0.2, 0.25) is 0 Å². The Balaban J connectivity index is 3.92. The molecule has 0 aliphatic rings. The minimum absolute atomic E-state index is 0.218. The molecule has 0 bridgehead atoms. The molecule has 0 amide bonds. The number of aliphatic hydroxyl groups is 1. The van der Waals surface area contributed by atoms with Gasteiger partial charge in [-0.3, -0.25) is 0 Å². The normalized spacial score (nSPS) is 13.8. The molecule has 2 N–H and O–H groups in total. The molecule has 0 aliphatic heterocycles. The highest BCUT2D eigenvalue weighted by atomic mass is 16.3. The van der Waals surface area contributed by atoms with Gasteiger partial charge in [0.25, 0.3) is 0 Å². The third kappa shape index (κ3) is 6.13. The Morgan fingerprint density at radius 2 is 1.80 bits per heavy atom. The van der Waals surface area contributed by atoms with Gasteiger partial charge >= 0.3 is 0 Å². The van der Waals surface area contributed by atoms with Gasteiger partial charge in [0.15, 0.2) is 0 Å². The third-order valence-electron chi connectivity index (χ3n) is 2.98. The second kappa shape index (κ2) is 9.13. The van der Waals surface area contributed by atoms with Crippen molar-refractivity contribution in [3.8, 4) is 0 Å². The maximum absolute atomic E-state index is 9.24. The van der Waals surface area contributed by atoms with Crippen LogP contribution in [0.4, 0.5) is 0 Å². The SMILES string of the molecule is CCCNC(CO)CN(C)C(CC)CC. The van der Waals surface area contributed by atoms with Crippen molar-refractivity contribution in [1.82, 2.24) is 10.2 Å². The summed E-state index contributed by atoms with van der Waals surface area (Å²) in [6.45, 7) is 8.73. The Kier molecular flexibility index (Phi) is 9.06. The fourth-order valence-corrected chi connectivity index (χ4v) is 1.94. The van der Waals surface area contributed by atoms with E-state index in [1.54, 1.807) is 0 Å². The fourth-order valence-electron chi connectivity index (χ4n) is 1.94. The van der Waals surface area contributed by atoms with Crippen LogP contribution in [0.15, 0.2) is 0 Å². The zero-order chi connectivity index (χ0) is 11.7. The number of rotatable bonds is 9. The Morgan fingerprint density at radius 1 is 1.20 bits per heavy atom. The van der Waals surface area contributed by atoms with Crippen molar-refractivity contribution in [2.75, 3.05) is 26.7 Å². The fraction of sp³-hybridized carbons (Fsp3) is 1.00. The molecule has 3 heteroatoms. The number of aliphatic hydroxyl groups excluding tert-OH is 1. The lowest BCUT2D eigenvalue weighted by Crippen LogP contribution is -2.45. The largest absolute Gasteiger partial charge is 0.395 e. The Hall–Kier alpha value is -0.120. The van der Waals surface area contributed by atoms with Gasteiger partial charge in [-0.25, -0.2) is 0 Å². The Bertz CT molecular complexity index is 138. The van der Waals surface area contributed by atoms with Gasteiger partial charge in [0.1, 0.15) is 0 Å². The minimum Gasteiger partial charge on any atom is -0.395 e. The molecule has 0 aromatic heterocycles. The molecule has 0 radical (unpaired) electrons. The predicted octanol–water partition coefficient (Wildman–Crippen LogP) is 1.47. The number of likely N-dealkylation sites (N-methyl/N-ethyl adjacent to an activating group) is 1. The van der Waals surface area contributed by atoms with E-state index >= 15 is 0 Å². The second-order valence-corrected chi connectivity index (χ2v) is 4.24. The van der Waals surface area contributed by atoms with E-state index in [2.05, 4.69) is 38.0 Å². The number of nitrogens with zero attached hydrogens (tertiary/aromatic N) is 1. The van der Waals surface area contributed by atoms with E-state index in [-0.39, 0.29) is 12.6 Å². The molecular formula is C12H28N2O. The molecule has 1 unspecified atom stereocenters. The lowest BCUT2D eigenvalue weighted by molar-refractivity contribution is 0.163. The van der Waals surface area contributed by atoms with Crippen LogP contribution >= 0.6 is 0 Å². The monoisotopic (exact) mass is 216 g/mol. The third-order valence-corrected chi connectivity index (χ3v) is 2.98. The highest BCUT2D eigenvalue weighted by molar-refractivity contribution is 4.73. The van der Waals surface area contributed by atoms with Crippen LogP contribution < -0.4 is 5.32 Å². The molecule has 15 heavy (non-hydrogen) atoms. The van der Waals surface area contributed by atoms with E-state index in [1.165, 1.54) is 12.8 Å². The topological polar surface area (TPSA) is 35.5 Å². The molecule has 0 aliphatic carbocycles. The first-order valence-corrected chi connectivity index (χ1v) is 6.23. The summed E-state index contributed by atoms with van der Waals surface area (Å²) in [5.41, 5.74) is 0. The molecule has 0 heterocycles. The molecule has 0 saturated carbocycles. The number of hydrogen-bond donors (Lipinski definition) is 2. The van der Waals surface area contributed by atoms with Gasteiger partial charge in [0.05, 0.1) is 6.61 Å². The first-order valence-electron chi connectivity index (χ1n) is 6.23. The van der Waals surface area contributed by atoms with Crippen LogP contribution in [0.3, 0.4) is 0 Å². The molecule has 1 atom stereocenters. The van der Waals surface area contributed by atoms with Crippen molar-refractivity contribution < 1.29 is 5.11 Å². The molecule has 0 aromatic carbocycles. The summed E-state index contributed by atoms with van der Waals surface area (Å²) < 4.78 is 0. The first-order chi connectivity index (χ1) is 7.19. The molecule has 0 rings (SSSR count). The van der Waals surface area contributed by atoms with Gasteiger partial charge in [-0.1, -0.05) is 20.8 Å². The van der Waals surface area contributed by atoms with Crippen LogP contribution in [0.2, 0.25) is 0 Å². The summed E-state index contributed by atoms with van der Waals surface area (Å²) in [5.74, 6) is 0. The number of nitrogens with one attached hydrogen (secondary N) is 1. The van der Waals surface area contributed by atoms with Gasteiger partial charge in [-0.15, -0.1) is 0 Å². The standard InChI is InChI=1S/C12H28N2O/c1-5-8-13-11(10-15)9-14(4)12(6-2)7-3/h11-13,15H,5-10H2,1-4H3. The lowest BCUT2D eigenvalue weighted by atomic mass is 10.1. The van der Waals surface area contributed by atoms with E-state index in [4.69, 9.17) is 0 Å². The van der Waals surface area contributed by atoms with E-state index in [0.717, 1.165) is 19.5 Å². The van der Waals surface area contributed by atoms with Crippen LogP contribution in [0, 0.1) is 0 Å². The minimum atomic E-state index is 0.218. The molecule has 0 spiro atoms. The van der Waals surface area contributed by atoms with Crippen molar-refractivity contribution in [3.63, 3.8) is 0 Å². The summed E-state index contributed by atoms with van der Waals surface area (Å²) >= 11 is 0. The summed E-state index contributed by atoms with van der Waals surface area (Å²) in [5, 5.41) is 12.6. The predicted molar refractivity (Wildman–Crippen MR) is 66.2 cm³/mol. The van der Waals surface area contributed by atoms with E-state index in [1.807, 2.05) is 0 Å². The second-order valence-electron chi connectivity index (χ2n) is 4.24. The van der Waals surface area contributed by atoms with E-state index < -0.39 is 0 Å². The highest BCUT2D eigenvalue weighted by Crippen LogP contribution is 2.06. The van der Waals surface area contributed by atoms with Crippen LogP contribution in [0.5, 0.6) is 0 Å². The Morgan fingerprint density at radius 3 is 2.20 bits per heavy atom. The average Bonchev–Trinajstić information content (AvgIpc) is 2.25. The zero-order valence-electron chi connectivity index (χ0n) is 10.8. The smallest absolute Gasteiger partial charge is 0.0597 e. The van der Waals surface area contributed by atoms with Crippen molar-refractivity contribution in [3.05, 3.63) is 0 Å². The van der Waals surface area contributed by atoms with Gasteiger partial charge in [0, 0.05) is 18.6 Å². The van der Waals surface area contributed by atoms with Crippen LogP contribution in [-0.2, 0) is 0 Å². The molecule has 0 aromatic rings. The van der Waals surface area contributed by atoms with E-state index in [0.29, 0.717) is 6.04 Å². The van der Waals surface area contributed by atoms with Crippen molar-refractivity contribution >= 4 is 0 Å². The van der Waals surface area contributed by atoms with Crippen molar-refractivity contribution in [2.24, 2.45) is 0 Å². The maximum Gasteiger partial charge on any atom is 0.0597 e. The molecule has 3 nitrogen and oxygen atoms in total. The average molecular weight is 216 g/mol. The lowest BCUT2D eigenvalue weighted by Gasteiger charge is -2.29. The van der Waals surface area contributed by atoms with Crippen molar-refractivity contribution in [1.29, 1.82) is 0 Å². The molecular weight excluding hydrogens is 188 g/mol. The van der Waals surface area contributed by atoms with Crippen LogP contribution in [0.25, 0.3) is 0 Å². The first kappa shape index (κ1) is 14.9. The van der Waals surface area contributed by atoms with Crippen molar-refractivity contribution in [2.45, 2.75) is 52.1 Å². The highest BCUT2D eigenvalue weighted by Gasteiger charge is 2.15. The Labute approximate surface area is 94.9 Å². The quantitative estimate of drug-likeness (QED) is 0.612. The summed E-state index contributed by atoms with van der Waals surface area (Å²) in [4.78, 5) is 2.35. The summed E-state index contributed by atoms with van der Waals surface area (Å²) in [7, 11) is 2.15. The molecule has 92 valence electrons. The molecule has 0 saturated heterocycles. The van der Waals surface area contributed by atoms with Crippen LogP contribution in [0.1, 0.15) is 40.0 Å². The number of hydrogen-bond acceptors (Lipinski definition) is 3. The van der Waals surface area contributed by atoms with Gasteiger partial charge in [-0.2, -0.15) is 0 Å². The summed E-state index contributed by atoms with van der Waals surface area (Å²) in [6.07, 6.45) is 3.48. The maximum atomic E-state index is 9.24. The van der Waals surface area contributed by atoms with Crippen LogP contribution in [-0.4, -0.2) is 48.8 Å². The van der Waals surface area contributed by atoms with E-state index in [9.17, 15) is 5.11 Å². The summed E-state index contributed by atoms with van der Waals surface area (Å²) in [6, 6.07) is 0.859. The molecule has 0 fully saturated rings. The van der Waals surface area contributed by atoms with Gasteiger partial charge < -0.3 is 15.3 Å². The zero-order valence-corrected chi connectivity index (χ0v) is 10.8.